The minimum Gasteiger partial charge on any atom is -0.366 e. The van der Waals surface area contributed by atoms with Crippen molar-refractivity contribution in [1.29, 1.82) is 0 Å². The molecule has 2 aromatic carbocycles. The molecule has 0 aliphatic carbocycles. The molecule has 0 atom stereocenters. The molecule has 0 aliphatic heterocycles. The number of nitrogens with two attached hydrogens (primary N) is 1. The summed E-state index contributed by atoms with van der Waals surface area (Å²) in [4.78, 5) is 35.3. The van der Waals surface area contributed by atoms with Crippen LogP contribution in [0.1, 0.15) is 28.0 Å². The van der Waals surface area contributed by atoms with Gasteiger partial charge in [-0.2, -0.15) is 0 Å². The Kier molecular flexibility index (Phi) is 4.61. The highest BCUT2D eigenvalue weighted by Gasteiger charge is 2.11. The Morgan fingerprint density at radius 2 is 1.64 bits per heavy atom. The van der Waals surface area contributed by atoms with Crippen LogP contribution in [0, 0.1) is 0 Å². The predicted molar refractivity (Wildman–Crippen MR) is 95.4 cm³/mol. The molecule has 0 spiro atoms. The van der Waals surface area contributed by atoms with E-state index in [1.165, 1.54) is 12.1 Å². The van der Waals surface area contributed by atoms with Gasteiger partial charge in [0, 0.05) is 35.7 Å². The SMILES string of the molecule is NC(=O)c1ccc(NC(=O)CCC(=O)n2ccc3ccccc32)cc1. The van der Waals surface area contributed by atoms with Gasteiger partial charge in [-0.3, -0.25) is 19.0 Å². The fourth-order valence-electron chi connectivity index (χ4n) is 2.58. The summed E-state index contributed by atoms with van der Waals surface area (Å²) in [6.07, 6.45) is 1.89. The van der Waals surface area contributed by atoms with Crippen LogP contribution in [0.15, 0.2) is 60.8 Å². The van der Waals surface area contributed by atoms with E-state index in [4.69, 9.17) is 5.73 Å². The largest absolute Gasteiger partial charge is 0.366 e. The maximum absolute atomic E-state index is 12.3. The zero-order valence-corrected chi connectivity index (χ0v) is 13.4. The zero-order chi connectivity index (χ0) is 17.8. The third kappa shape index (κ3) is 3.74. The first-order chi connectivity index (χ1) is 12.0. The molecule has 0 saturated carbocycles. The lowest BCUT2D eigenvalue weighted by molar-refractivity contribution is -0.116. The molecule has 1 heterocycles. The summed E-state index contributed by atoms with van der Waals surface area (Å²) < 4.78 is 1.56. The zero-order valence-electron chi connectivity index (χ0n) is 13.4. The fourth-order valence-corrected chi connectivity index (χ4v) is 2.58. The van der Waals surface area contributed by atoms with E-state index in [2.05, 4.69) is 5.32 Å². The molecule has 0 bridgehead atoms. The summed E-state index contributed by atoms with van der Waals surface area (Å²) >= 11 is 0. The average molecular weight is 335 g/mol. The molecule has 126 valence electrons. The summed E-state index contributed by atoms with van der Waals surface area (Å²) in [5, 5.41) is 3.67. The average Bonchev–Trinajstić information content (AvgIpc) is 3.04. The fraction of sp³-hybridized carbons (Fsp3) is 0.105. The lowest BCUT2D eigenvalue weighted by atomic mass is 10.2. The molecule has 3 rings (SSSR count). The molecule has 0 unspecified atom stereocenters. The van der Waals surface area contributed by atoms with Gasteiger partial charge in [0.2, 0.25) is 17.7 Å². The van der Waals surface area contributed by atoms with E-state index in [0.29, 0.717) is 11.3 Å². The molecule has 0 fully saturated rings. The van der Waals surface area contributed by atoms with Crippen molar-refractivity contribution in [1.82, 2.24) is 4.57 Å². The number of aromatic nitrogens is 1. The lowest BCUT2D eigenvalue weighted by Gasteiger charge is -2.07. The van der Waals surface area contributed by atoms with Crippen LogP contribution in [0.4, 0.5) is 5.69 Å². The minimum atomic E-state index is -0.526. The van der Waals surface area contributed by atoms with Crippen molar-refractivity contribution < 1.29 is 14.4 Å². The van der Waals surface area contributed by atoms with Crippen LogP contribution in [0.3, 0.4) is 0 Å². The third-order valence-electron chi connectivity index (χ3n) is 3.89. The number of fused-ring (bicyclic) bond motifs is 1. The van der Waals surface area contributed by atoms with Crippen molar-refractivity contribution >= 4 is 34.3 Å². The topological polar surface area (TPSA) is 94.2 Å². The van der Waals surface area contributed by atoms with Crippen molar-refractivity contribution in [2.75, 3.05) is 5.32 Å². The first kappa shape index (κ1) is 16.4. The van der Waals surface area contributed by atoms with E-state index in [1.54, 1.807) is 22.9 Å². The van der Waals surface area contributed by atoms with E-state index < -0.39 is 5.91 Å². The predicted octanol–water partition coefficient (Wildman–Crippen LogP) is 2.80. The number of anilines is 1. The second-order valence-corrected chi connectivity index (χ2v) is 5.63. The number of hydrogen-bond donors (Lipinski definition) is 2. The summed E-state index contributed by atoms with van der Waals surface area (Å²) in [5.74, 6) is -0.931. The number of primary amides is 1. The van der Waals surface area contributed by atoms with Crippen LogP contribution in [0.2, 0.25) is 0 Å². The van der Waals surface area contributed by atoms with E-state index in [9.17, 15) is 14.4 Å². The van der Waals surface area contributed by atoms with E-state index in [-0.39, 0.29) is 24.7 Å². The number of rotatable bonds is 5. The van der Waals surface area contributed by atoms with E-state index in [0.717, 1.165) is 10.9 Å². The smallest absolute Gasteiger partial charge is 0.248 e. The van der Waals surface area contributed by atoms with Crippen molar-refractivity contribution in [3.05, 3.63) is 66.4 Å². The highest BCUT2D eigenvalue weighted by atomic mass is 16.2. The van der Waals surface area contributed by atoms with Crippen LogP contribution in [0.5, 0.6) is 0 Å². The normalized spacial score (nSPS) is 10.6. The molecular weight excluding hydrogens is 318 g/mol. The molecule has 0 radical (unpaired) electrons. The van der Waals surface area contributed by atoms with Gasteiger partial charge in [-0.05, 0) is 36.4 Å². The number of nitrogens with one attached hydrogen (secondary N) is 1. The monoisotopic (exact) mass is 335 g/mol. The van der Waals surface area contributed by atoms with Gasteiger partial charge < -0.3 is 11.1 Å². The number of para-hydroxylation sites is 1. The van der Waals surface area contributed by atoms with E-state index in [1.807, 2.05) is 30.3 Å². The summed E-state index contributed by atoms with van der Waals surface area (Å²) in [7, 11) is 0. The van der Waals surface area contributed by atoms with Crippen molar-refractivity contribution in [2.45, 2.75) is 12.8 Å². The van der Waals surface area contributed by atoms with Gasteiger partial charge in [0.25, 0.3) is 0 Å². The number of carbonyl (C=O) groups excluding carboxylic acids is 3. The molecule has 3 N–H and O–H groups in total. The Hall–Kier alpha value is -3.41. The first-order valence-corrected chi connectivity index (χ1v) is 7.83. The number of amides is 2. The van der Waals surface area contributed by atoms with Gasteiger partial charge >= 0.3 is 0 Å². The summed E-state index contributed by atoms with van der Waals surface area (Å²) in [6.45, 7) is 0. The standard InChI is InChI=1S/C19H17N3O3/c20-19(25)14-5-7-15(8-6-14)21-17(23)9-10-18(24)22-12-11-13-3-1-2-4-16(13)22/h1-8,11-12H,9-10H2,(H2,20,25)(H,21,23). The van der Waals surface area contributed by atoms with Crippen LogP contribution in [-0.4, -0.2) is 22.3 Å². The highest BCUT2D eigenvalue weighted by molar-refractivity contribution is 5.97. The Morgan fingerprint density at radius 1 is 0.920 bits per heavy atom. The quantitative estimate of drug-likeness (QED) is 0.750. The number of hydrogen-bond acceptors (Lipinski definition) is 3. The maximum Gasteiger partial charge on any atom is 0.248 e. The van der Waals surface area contributed by atoms with Crippen molar-refractivity contribution in [2.24, 2.45) is 5.73 Å². The Balaban J connectivity index is 1.58. The molecular formula is C19H17N3O3. The van der Waals surface area contributed by atoms with Crippen molar-refractivity contribution in [3.63, 3.8) is 0 Å². The van der Waals surface area contributed by atoms with Crippen molar-refractivity contribution in [3.8, 4) is 0 Å². The third-order valence-corrected chi connectivity index (χ3v) is 3.89. The number of nitrogens with zero attached hydrogens (tertiary/aromatic N) is 1. The Bertz CT molecular complexity index is 942. The molecule has 0 aliphatic rings. The van der Waals surface area contributed by atoms with Crippen LogP contribution in [0.25, 0.3) is 10.9 Å². The molecule has 6 nitrogen and oxygen atoms in total. The second kappa shape index (κ2) is 7.00. The molecule has 3 aromatic rings. The lowest BCUT2D eigenvalue weighted by Crippen LogP contribution is -2.16. The van der Waals surface area contributed by atoms with Gasteiger partial charge in [0.05, 0.1) is 5.52 Å². The van der Waals surface area contributed by atoms with Crippen LogP contribution >= 0.6 is 0 Å². The maximum atomic E-state index is 12.3. The Labute approximate surface area is 144 Å². The van der Waals surface area contributed by atoms with E-state index >= 15 is 0 Å². The number of carbonyl (C=O) groups is 3. The molecule has 25 heavy (non-hydrogen) atoms. The van der Waals surface area contributed by atoms with Gasteiger partial charge in [0.1, 0.15) is 0 Å². The molecule has 1 aromatic heterocycles. The summed E-state index contributed by atoms with van der Waals surface area (Å²) in [6, 6.07) is 15.7. The van der Waals surface area contributed by atoms with Crippen LogP contribution in [-0.2, 0) is 4.79 Å². The first-order valence-electron chi connectivity index (χ1n) is 7.83. The van der Waals surface area contributed by atoms with Gasteiger partial charge in [-0.25, -0.2) is 0 Å². The van der Waals surface area contributed by atoms with Gasteiger partial charge in [0.15, 0.2) is 0 Å². The molecule has 6 heteroatoms. The molecule has 0 saturated heterocycles. The van der Waals surface area contributed by atoms with Gasteiger partial charge in [-0.15, -0.1) is 0 Å². The minimum absolute atomic E-state index is 0.0723. The van der Waals surface area contributed by atoms with Crippen LogP contribution < -0.4 is 11.1 Å². The molecule has 2 amide bonds. The Morgan fingerprint density at radius 3 is 2.36 bits per heavy atom. The highest BCUT2D eigenvalue weighted by Crippen LogP contribution is 2.16. The van der Waals surface area contributed by atoms with Gasteiger partial charge in [-0.1, -0.05) is 18.2 Å². The number of benzene rings is 2. The summed E-state index contributed by atoms with van der Waals surface area (Å²) in [5.41, 5.74) is 6.91. The second-order valence-electron chi connectivity index (χ2n) is 5.63.